The molecule has 1 unspecified atom stereocenters. The van der Waals surface area contributed by atoms with Gasteiger partial charge in [0.25, 0.3) is 0 Å². The lowest BCUT2D eigenvalue weighted by atomic mass is 10.2. The average molecular weight is 287 g/mol. The zero-order valence-electron chi connectivity index (χ0n) is 12.8. The molecule has 6 heteroatoms. The largest absolute Gasteiger partial charge is 0.358 e. The van der Waals surface area contributed by atoms with Crippen molar-refractivity contribution in [3.05, 3.63) is 24.3 Å². The minimum absolute atomic E-state index is 0.0568. The Bertz CT molecular complexity index is 641. The number of aromatic nitrogens is 2. The molecule has 0 bridgehead atoms. The number of para-hydroxylation sites is 1. The maximum atomic E-state index is 12.0. The van der Waals surface area contributed by atoms with E-state index >= 15 is 0 Å². The van der Waals surface area contributed by atoms with Gasteiger partial charge in [0, 0.05) is 18.5 Å². The highest BCUT2D eigenvalue weighted by Gasteiger charge is 2.16. The van der Waals surface area contributed by atoms with Gasteiger partial charge in [-0.25, -0.2) is 4.98 Å². The summed E-state index contributed by atoms with van der Waals surface area (Å²) in [6, 6.07) is 7.43. The van der Waals surface area contributed by atoms with Crippen molar-refractivity contribution < 1.29 is 4.79 Å². The summed E-state index contributed by atoms with van der Waals surface area (Å²) in [6.45, 7) is 5.68. The van der Waals surface area contributed by atoms with Gasteiger partial charge in [-0.2, -0.15) is 4.98 Å². The van der Waals surface area contributed by atoms with Crippen LogP contribution >= 0.6 is 0 Å². The molecule has 0 saturated heterocycles. The lowest BCUT2D eigenvalue weighted by molar-refractivity contribution is -0.122. The normalized spacial score (nSPS) is 12.2. The first-order valence-corrected chi connectivity index (χ1v) is 7.02. The Hall–Kier alpha value is -2.37. The minimum atomic E-state index is -0.379. The van der Waals surface area contributed by atoms with E-state index in [0.717, 1.165) is 10.9 Å². The zero-order valence-corrected chi connectivity index (χ0v) is 12.8. The fourth-order valence-corrected chi connectivity index (χ4v) is 1.98. The van der Waals surface area contributed by atoms with Gasteiger partial charge in [-0.1, -0.05) is 12.1 Å². The third kappa shape index (κ3) is 3.59. The highest BCUT2D eigenvalue weighted by Crippen LogP contribution is 2.22. The van der Waals surface area contributed by atoms with Gasteiger partial charge in [-0.15, -0.1) is 0 Å². The maximum Gasteiger partial charge on any atom is 0.242 e. The van der Waals surface area contributed by atoms with Crippen molar-refractivity contribution in [2.45, 2.75) is 32.9 Å². The number of rotatable bonds is 5. The van der Waals surface area contributed by atoms with E-state index in [2.05, 4.69) is 25.9 Å². The van der Waals surface area contributed by atoms with Crippen LogP contribution in [0.15, 0.2) is 24.3 Å². The van der Waals surface area contributed by atoms with Gasteiger partial charge in [0.15, 0.2) is 0 Å². The Labute approximate surface area is 124 Å². The van der Waals surface area contributed by atoms with Crippen molar-refractivity contribution in [1.29, 1.82) is 0 Å². The number of nitrogens with one attached hydrogen (secondary N) is 3. The van der Waals surface area contributed by atoms with Gasteiger partial charge >= 0.3 is 0 Å². The molecule has 21 heavy (non-hydrogen) atoms. The van der Waals surface area contributed by atoms with Gasteiger partial charge in [0.2, 0.25) is 11.9 Å². The number of carbonyl (C=O) groups excluding carboxylic acids is 1. The van der Waals surface area contributed by atoms with E-state index in [1.165, 1.54) is 0 Å². The predicted molar refractivity (Wildman–Crippen MR) is 85.4 cm³/mol. The Balaban J connectivity index is 2.30. The van der Waals surface area contributed by atoms with Gasteiger partial charge in [-0.3, -0.25) is 4.79 Å². The molecule has 0 aliphatic heterocycles. The fourth-order valence-electron chi connectivity index (χ4n) is 1.98. The summed E-state index contributed by atoms with van der Waals surface area (Å²) < 4.78 is 0. The minimum Gasteiger partial charge on any atom is -0.358 e. The highest BCUT2D eigenvalue weighted by atomic mass is 16.2. The number of anilines is 2. The molecule has 0 aliphatic rings. The standard InChI is InChI=1S/C15H21N5O/c1-9(2)17-14(21)10(3)18-13-11-7-5-6-8-12(11)19-15(16-4)20-13/h5-10H,1-4H3,(H,17,21)(H2,16,18,19,20). The molecule has 0 radical (unpaired) electrons. The third-order valence-electron chi connectivity index (χ3n) is 3.00. The van der Waals surface area contributed by atoms with E-state index < -0.39 is 0 Å². The molecular weight excluding hydrogens is 266 g/mol. The SMILES string of the molecule is CNc1nc(NC(C)C(=O)NC(C)C)c2ccccc2n1. The summed E-state index contributed by atoms with van der Waals surface area (Å²) >= 11 is 0. The topological polar surface area (TPSA) is 78.9 Å². The number of hydrogen-bond acceptors (Lipinski definition) is 5. The van der Waals surface area contributed by atoms with E-state index in [1.807, 2.05) is 45.0 Å². The lowest BCUT2D eigenvalue weighted by Crippen LogP contribution is -2.41. The van der Waals surface area contributed by atoms with Crippen LogP contribution in [0.1, 0.15) is 20.8 Å². The molecule has 112 valence electrons. The second kappa shape index (κ2) is 6.39. The van der Waals surface area contributed by atoms with Gasteiger partial charge in [-0.05, 0) is 32.9 Å². The van der Waals surface area contributed by atoms with Crippen LogP contribution in [0.4, 0.5) is 11.8 Å². The van der Waals surface area contributed by atoms with Gasteiger partial charge in [0.1, 0.15) is 11.9 Å². The molecule has 1 aromatic carbocycles. The zero-order chi connectivity index (χ0) is 15.4. The number of amides is 1. The van der Waals surface area contributed by atoms with E-state index in [0.29, 0.717) is 11.8 Å². The van der Waals surface area contributed by atoms with Crippen molar-refractivity contribution in [3.63, 3.8) is 0 Å². The molecule has 1 amide bonds. The van der Waals surface area contributed by atoms with Crippen LogP contribution in [0.3, 0.4) is 0 Å². The summed E-state index contributed by atoms with van der Waals surface area (Å²) in [7, 11) is 1.77. The second-order valence-corrected chi connectivity index (χ2v) is 5.19. The molecule has 1 atom stereocenters. The summed E-state index contributed by atoms with van der Waals surface area (Å²) in [6.07, 6.45) is 0. The first-order chi connectivity index (χ1) is 10.0. The first-order valence-electron chi connectivity index (χ1n) is 7.02. The average Bonchev–Trinajstić information content (AvgIpc) is 2.46. The van der Waals surface area contributed by atoms with Gasteiger partial charge in [0.05, 0.1) is 5.52 Å². The fraction of sp³-hybridized carbons (Fsp3) is 0.400. The third-order valence-corrected chi connectivity index (χ3v) is 3.00. The van der Waals surface area contributed by atoms with Crippen LogP contribution in [-0.2, 0) is 4.79 Å². The molecule has 2 rings (SSSR count). The number of nitrogens with zero attached hydrogens (tertiary/aromatic N) is 2. The lowest BCUT2D eigenvalue weighted by Gasteiger charge is -2.18. The monoisotopic (exact) mass is 287 g/mol. The summed E-state index contributed by atoms with van der Waals surface area (Å²) in [5, 5.41) is 9.86. The number of carbonyl (C=O) groups is 1. The van der Waals surface area contributed by atoms with E-state index in [4.69, 9.17) is 0 Å². The van der Waals surface area contributed by atoms with Crippen LogP contribution in [0.5, 0.6) is 0 Å². The van der Waals surface area contributed by atoms with Crippen LogP contribution in [-0.4, -0.2) is 35.0 Å². The number of benzene rings is 1. The Kier molecular flexibility index (Phi) is 4.57. The molecule has 6 nitrogen and oxygen atoms in total. The van der Waals surface area contributed by atoms with Crippen LogP contribution in [0.2, 0.25) is 0 Å². The summed E-state index contributed by atoms with van der Waals surface area (Å²) in [4.78, 5) is 20.8. The van der Waals surface area contributed by atoms with E-state index in [1.54, 1.807) is 7.05 Å². The van der Waals surface area contributed by atoms with Crippen molar-refractivity contribution in [3.8, 4) is 0 Å². The van der Waals surface area contributed by atoms with Crippen molar-refractivity contribution in [2.24, 2.45) is 0 Å². The Morgan fingerprint density at radius 1 is 1.14 bits per heavy atom. The Morgan fingerprint density at radius 3 is 2.52 bits per heavy atom. The quantitative estimate of drug-likeness (QED) is 0.784. The molecule has 0 aliphatic carbocycles. The molecule has 3 N–H and O–H groups in total. The maximum absolute atomic E-state index is 12.0. The smallest absolute Gasteiger partial charge is 0.242 e. The molecule has 0 saturated carbocycles. The number of hydrogen-bond donors (Lipinski definition) is 3. The van der Waals surface area contributed by atoms with Crippen LogP contribution in [0.25, 0.3) is 10.9 Å². The van der Waals surface area contributed by atoms with Crippen molar-refractivity contribution >= 4 is 28.6 Å². The second-order valence-electron chi connectivity index (χ2n) is 5.19. The van der Waals surface area contributed by atoms with Crippen LogP contribution in [0, 0.1) is 0 Å². The molecule has 0 fully saturated rings. The van der Waals surface area contributed by atoms with Gasteiger partial charge < -0.3 is 16.0 Å². The number of fused-ring (bicyclic) bond motifs is 1. The summed E-state index contributed by atoms with van der Waals surface area (Å²) in [5.41, 5.74) is 0.829. The first kappa shape index (κ1) is 15.0. The molecule has 0 spiro atoms. The molecule has 2 aromatic rings. The Morgan fingerprint density at radius 2 is 1.86 bits per heavy atom. The molecular formula is C15H21N5O. The van der Waals surface area contributed by atoms with Crippen molar-refractivity contribution in [2.75, 3.05) is 17.7 Å². The molecule has 1 aromatic heterocycles. The van der Waals surface area contributed by atoms with Crippen molar-refractivity contribution in [1.82, 2.24) is 15.3 Å². The highest BCUT2D eigenvalue weighted by molar-refractivity contribution is 5.92. The van der Waals surface area contributed by atoms with E-state index in [9.17, 15) is 4.79 Å². The predicted octanol–water partition coefficient (Wildman–Crippen LogP) is 2.00. The summed E-state index contributed by atoms with van der Waals surface area (Å²) in [5.74, 6) is 1.11. The van der Waals surface area contributed by atoms with Crippen LogP contribution < -0.4 is 16.0 Å². The molecule has 1 heterocycles. The van der Waals surface area contributed by atoms with E-state index in [-0.39, 0.29) is 18.0 Å².